The number of carbonyl (C=O) groups excluding carboxylic acids is 1. The molecule has 3 N–H and O–H groups in total. The molecule has 1 aliphatic heterocycles. The summed E-state index contributed by atoms with van der Waals surface area (Å²) in [5, 5.41) is 6.39. The average molecular weight is 267 g/mol. The number of hydrogen-bond acceptors (Lipinski definition) is 3. The molecular formula is C9H16Cl2N4O. The lowest BCUT2D eigenvalue weighted by Crippen LogP contribution is -2.42. The summed E-state index contributed by atoms with van der Waals surface area (Å²) >= 11 is 0. The fraction of sp³-hybridized carbons (Fsp3) is 0.556. The third kappa shape index (κ3) is 3.37. The lowest BCUT2D eigenvalue weighted by molar-refractivity contribution is 0.0715. The predicted molar refractivity (Wildman–Crippen MR) is 66.2 cm³/mol. The van der Waals surface area contributed by atoms with Crippen molar-refractivity contribution >= 4 is 30.7 Å². The first-order chi connectivity index (χ1) is 6.77. The molecule has 0 spiro atoms. The Morgan fingerprint density at radius 3 is 2.56 bits per heavy atom. The molecule has 2 rings (SSSR count). The molecule has 1 amide bonds. The van der Waals surface area contributed by atoms with Gasteiger partial charge in [-0.05, 0) is 12.8 Å². The van der Waals surface area contributed by atoms with Crippen molar-refractivity contribution in [1.82, 2.24) is 15.1 Å². The van der Waals surface area contributed by atoms with E-state index in [1.807, 2.05) is 4.90 Å². The number of carbonyl (C=O) groups is 1. The van der Waals surface area contributed by atoms with Gasteiger partial charge in [0.2, 0.25) is 0 Å². The van der Waals surface area contributed by atoms with E-state index in [2.05, 4.69) is 10.2 Å². The first-order valence-corrected chi connectivity index (χ1v) is 4.81. The molecular weight excluding hydrogens is 251 g/mol. The van der Waals surface area contributed by atoms with Gasteiger partial charge in [0.15, 0.2) is 0 Å². The molecule has 0 aliphatic carbocycles. The Morgan fingerprint density at radius 1 is 1.44 bits per heavy atom. The molecule has 0 unspecified atom stereocenters. The highest BCUT2D eigenvalue weighted by Gasteiger charge is 2.21. The molecule has 16 heavy (non-hydrogen) atoms. The van der Waals surface area contributed by atoms with Crippen molar-refractivity contribution in [1.29, 1.82) is 0 Å². The van der Waals surface area contributed by atoms with Crippen molar-refractivity contribution in [2.24, 2.45) is 5.73 Å². The second-order valence-electron chi connectivity index (χ2n) is 3.62. The fourth-order valence-electron chi connectivity index (χ4n) is 1.65. The highest BCUT2D eigenvalue weighted by molar-refractivity contribution is 5.93. The minimum absolute atomic E-state index is 0. The Bertz CT molecular complexity index is 309. The van der Waals surface area contributed by atoms with Crippen LogP contribution in [-0.4, -0.2) is 40.1 Å². The van der Waals surface area contributed by atoms with Crippen molar-refractivity contribution in [3.05, 3.63) is 18.0 Å². The van der Waals surface area contributed by atoms with Crippen LogP contribution in [-0.2, 0) is 0 Å². The van der Waals surface area contributed by atoms with E-state index < -0.39 is 0 Å². The number of amides is 1. The maximum absolute atomic E-state index is 11.8. The summed E-state index contributed by atoms with van der Waals surface area (Å²) in [6, 6.07) is 0.253. The van der Waals surface area contributed by atoms with Crippen molar-refractivity contribution < 1.29 is 4.79 Å². The summed E-state index contributed by atoms with van der Waals surface area (Å²) in [7, 11) is 0. The van der Waals surface area contributed by atoms with Crippen LogP contribution in [0.1, 0.15) is 23.2 Å². The zero-order valence-corrected chi connectivity index (χ0v) is 10.4. The first kappa shape index (κ1) is 15.2. The number of nitrogens with one attached hydrogen (secondary N) is 1. The molecule has 0 radical (unpaired) electrons. The Morgan fingerprint density at radius 2 is 2.06 bits per heavy atom. The molecule has 2 heterocycles. The number of piperidine rings is 1. The molecule has 0 saturated carbocycles. The molecule has 5 nitrogen and oxygen atoms in total. The third-order valence-corrected chi connectivity index (χ3v) is 2.57. The lowest BCUT2D eigenvalue weighted by Gasteiger charge is -2.29. The van der Waals surface area contributed by atoms with Gasteiger partial charge in [0.05, 0.1) is 11.8 Å². The Labute approximate surface area is 107 Å². The molecule has 92 valence electrons. The third-order valence-electron chi connectivity index (χ3n) is 2.57. The number of rotatable bonds is 1. The maximum atomic E-state index is 11.8. The summed E-state index contributed by atoms with van der Waals surface area (Å²) in [6.45, 7) is 1.51. The highest BCUT2D eigenvalue weighted by Crippen LogP contribution is 2.11. The van der Waals surface area contributed by atoms with Crippen LogP contribution >= 0.6 is 24.8 Å². The number of aromatic amines is 1. The molecule has 0 bridgehead atoms. The van der Waals surface area contributed by atoms with Gasteiger partial charge in [-0.25, -0.2) is 0 Å². The van der Waals surface area contributed by atoms with E-state index in [0.717, 1.165) is 25.9 Å². The molecule has 1 aromatic heterocycles. The van der Waals surface area contributed by atoms with Crippen LogP contribution in [0.4, 0.5) is 0 Å². The summed E-state index contributed by atoms with van der Waals surface area (Å²) < 4.78 is 0. The summed E-state index contributed by atoms with van der Waals surface area (Å²) in [4.78, 5) is 13.6. The number of halogens is 2. The Hall–Kier alpha value is -0.780. The average Bonchev–Trinajstić information content (AvgIpc) is 2.71. The van der Waals surface area contributed by atoms with E-state index in [0.29, 0.717) is 5.56 Å². The van der Waals surface area contributed by atoms with Crippen LogP contribution in [0.15, 0.2) is 12.4 Å². The van der Waals surface area contributed by atoms with Crippen molar-refractivity contribution in [2.45, 2.75) is 18.9 Å². The van der Waals surface area contributed by atoms with Crippen molar-refractivity contribution in [3.8, 4) is 0 Å². The van der Waals surface area contributed by atoms with Crippen LogP contribution in [0.2, 0.25) is 0 Å². The Kier molecular flexibility index (Phi) is 6.40. The molecule has 1 fully saturated rings. The molecule has 1 saturated heterocycles. The van der Waals surface area contributed by atoms with Gasteiger partial charge in [0, 0.05) is 25.3 Å². The molecule has 0 aromatic carbocycles. The minimum Gasteiger partial charge on any atom is -0.338 e. The minimum atomic E-state index is 0. The topological polar surface area (TPSA) is 75.0 Å². The lowest BCUT2D eigenvalue weighted by atomic mass is 10.1. The normalized spacial score (nSPS) is 16.2. The summed E-state index contributed by atoms with van der Waals surface area (Å²) in [5.41, 5.74) is 6.38. The molecule has 1 aliphatic rings. The van der Waals surface area contributed by atoms with Gasteiger partial charge in [-0.2, -0.15) is 5.10 Å². The SMILES string of the molecule is Cl.Cl.NC1CCN(C(=O)c2cn[nH]c2)CC1. The number of aromatic nitrogens is 2. The van der Waals surface area contributed by atoms with E-state index in [1.165, 1.54) is 0 Å². The van der Waals surface area contributed by atoms with Crippen molar-refractivity contribution in [3.63, 3.8) is 0 Å². The van der Waals surface area contributed by atoms with Gasteiger partial charge < -0.3 is 10.6 Å². The number of nitrogens with two attached hydrogens (primary N) is 1. The van der Waals surface area contributed by atoms with Gasteiger partial charge in [-0.15, -0.1) is 24.8 Å². The largest absolute Gasteiger partial charge is 0.338 e. The summed E-state index contributed by atoms with van der Waals surface area (Å²) in [6.07, 6.45) is 4.96. The number of H-pyrrole nitrogens is 1. The van der Waals surface area contributed by atoms with Crippen LogP contribution in [0.3, 0.4) is 0 Å². The van der Waals surface area contributed by atoms with Gasteiger partial charge in [-0.1, -0.05) is 0 Å². The van der Waals surface area contributed by atoms with E-state index in [1.54, 1.807) is 12.4 Å². The summed E-state index contributed by atoms with van der Waals surface area (Å²) in [5.74, 6) is 0.0469. The van der Waals surface area contributed by atoms with E-state index in [4.69, 9.17) is 5.73 Å². The first-order valence-electron chi connectivity index (χ1n) is 4.81. The van der Waals surface area contributed by atoms with Crippen LogP contribution in [0.5, 0.6) is 0 Å². The monoisotopic (exact) mass is 266 g/mol. The smallest absolute Gasteiger partial charge is 0.257 e. The van der Waals surface area contributed by atoms with Gasteiger partial charge in [0.25, 0.3) is 5.91 Å². The second-order valence-corrected chi connectivity index (χ2v) is 3.62. The van der Waals surface area contributed by atoms with Crippen molar-refractivity contribution in [2.75, 3.05) is 13.1 Å². The van der Waals surface area contributed by atoms with Gasteiger partial charge in [-0.3, -0.25) is 9.89 Å². The standard InChI is InChI=1S/C9H14N4O.2ClH/c10-8-1-3-13(4-2-8)9(14)7-5-11-12-6-7;;/h5-6,8H,1-4,10H2,(H,11,12);2*1H. The van der Waals surface area contributed by atoms with Crippen LogP contribution in [0.25, 0.3) is 0 Å². The van der Waals surface area contributed by atoms with E-state index in [-0.39, 0.29) is 36.8 Å². The fourth-order valence-corrected chi connectivity index (χ4v) is 1.65. The van der Waals surface area contributed by atoms with Gasteiger partial charge >= 0.3 is 0 Å². The molecule has 7 heteroatoms. The van der Waals surface area contributed by atoms with E-state index >= 15 is 0 Å². The number of nitrogens with zero attached hydrogens (tertiary/aromatic N) is 2. The molecule has 0 atom stereocenters. The second kappa shape index (κ2) is 6.73. The Balaban J connectivity index is 0.00000112. The van der Waals surface area contributed by atoms with Crippen LogP contribution < -0.4 is 5.73 Å². The quantitative estimate of drug-likeness (QED) is 0.790. The highest BCUT2D eigenvalue weighted by atomic mass is 35.5. The maximum Gasteiger partial charge on any atom is 0.257 e. The van der Waals surface area contributed by atoms with E-state index in [9.17, 15) is 4.79 Å². The zero-order chi connectivity index (χ0) is 9.97. The van der Waals surface area contributed by atoms with Crippen LogP contribution in [0, 0.1) is 0 Å². The molecule has 1 aromatic rings. The van der Waals surface area contributed by atoms with Gasteiger partial charge in [0.1, 0.15) is 0 Å². The number of likely N-dealkylation sites (tertiary alicyclic amines) is 1. The number of hydrogen-bond donors (Lipinski definition) is 2. The predicted octanol–water partition coefficient (Wildman–Crippen LogP) is 0.817. The zero-order valence-electron chi connectivity index (χ0n) is 8.76.